The molecule has 2 N–H and O–H groups in total. The summed E-state index contributed by atoms with van der Waals surface area (Å²) in [7, 11) is 0. The van der Waals surface area contributed by atoms with Crippen molar-refractivity contribution in [3.8, 4) is 0 Å². The Kier molecular flexibility index (Phi) is 5.67. The normalized spacial score (nSPS) is 38.2. The minimum absolute atomic E-state index is 0.155. The molecule has 1 heterocycles. The van der Waals surface area contributed by atoms with Crippen LogP contribution >= 0.6 is 0 Å². The van der Waals surface area contributed by atoms with Crippen LogP contribution in [0.15, 0.2) is 0 Å². The summed E-state index contributed by atoms with van der Waals surface area (Å²) in [5.41, 5.74) is 6.36. The highest BCUT2D eigenvalue weighted by Crippen LogP contribution is 2.32. The molecule has 0 aromatic rings. The van der Waals surface area contributed by atoms with Crippen molar-refractivity contribution in [1.29, 1.82) is 0 Å². The van der Waals surface area contributed by atoms with Gasteiger partial charge in [0.25, 0.3) is 0 Å². The molecule has 122 valence electrons. The van der Waals surface area contributed by atoms with Gasteiger partial charge in [-0.25, -0.2) is 0 Å². The predicted octanol–water partition coefficient (Wildman–Crippen LogP) is 2.55. The summed E-state index contributed by atoms with van der Waals surface area (Å²) >= 11 is 0. The van der Waals surface area contributed by atoms with E-state index in [4.69, 9.17) is 10.5 Å². The minimum atomic E-state index is -0.369. The second-order valence-electron chi connectivity index (χ2n) is 7.11. The molecule has 0 bridgehead atoms. The van der Waals surface area contributed by atoms with Gasteiger partial charge in [0.1, 0.15) is 0 Å². The lowest BCUT2D eigenvalue weighted by Gasteiger charge is -2.38. The van der Waals surface area contributed by atoms with Gasteiger partial charge in [-0.05, 0) is 58.3 Å². The highest BCUT2D eigenvalue weighted by atomic mass is 16.5. The molecule has 21 heavy (non-hydrogen) atoms. The predicted molar refractivity (Wildman–Crippen MR) is 84.9 cm³/mol. The number of nitrogens with two attached hydrogens (primary N) is 1. The summed E-state index contributed by atoms with van der Waals surface area (Å²) in [5, 5.41) is 0. The molecule has 5 atom stereocenters. The molecule has 2 aliphatic rings. The smallest absolute Gasteiger partial charge is 0.240 e. The molecule has 1 aliphatic heterocycles. The van der Waals surface area contributed by atoms with Crippen molar-refractivity contribution >= 4 is 5.91 Å². The zero-order valence-corrected chi connectivity index (χ0v) is 14.0. The van der Waals surface area contributed by atoms with E-state index in [0.717, 1.165) is 25.8 Å². The molecule has 1 saturated heterocycles. The first kappa shape index (κ1) is 16.8. The van der Waals surface area contributed by atoms with E-state index in [1.807, 2.05) is 4.90 Å². The van der Waals surface area contributed by atoms with Crippen LogP contribution in [0.25, 0.3) is 0 Å². The van der Waals surface area contributed by atoms with Gasteiger partial charge in [0, 0.05) is 12.6 Å². The average molecular weight is 296 g/mol. The maximum atomic E-state index is 12.9. The van der Waals surface area contributed by atoms with Gasteiger partial charge >= 0.3 is 0 Å². The Balaban J connectivity index is 2.02. The van der Waals surface area contributed by atoms with Crippen molar-refractivity contribution in [3.05, 3.63) is 0 Å². The lowest BCUT2D eigenvalue weighted by atomic mass is 9.85. The van der Waals surface area contributed by atoms with E-state index < -0.39 is 0 Å². The fourth-order valence-electron chi connectivity index (χ4n) is 4.29. The summed E-state index contributed by atoms with van der Waals surface area (Å²) < 4.78 is 5.77. The summed E-state index contributed by atoms with van der Waals surface area (Å²) in [5.74, 6) is 1.01. The van der Waals surface area contributed by atoms with Crippen LogP contribution in [0.3, 0.4) is 0 Å². The maximum Gasteiger partial charge on any atom is 0.240 e. The number of nitrogens with zero attached hydrogens (tertiary/aromatic N) is 1. The van der Waals surface area contributed by atoms with Gasteiger partial charge in [0.2, 0.25) is 5.91 Å². The number of carbonyl (C=O) groups is 1. The molecule has 1 aliphatic carbocycles. The van der Waals surface area contributed by atoms with Gasteiger partial charge in [-0.15, -0.1) is 0 Å². The Bertz CT molecular complexity index is 351. The number of carbonyl (C=O) groups excluding carboxylic acids is 1. The lowest BCUT2D eigenvalue weighted by molar-refractivity contribution is -0.139. The van der Waals surface area contributed by atoms with E-state index in [-0.39, 0.29) is 30.1 Å². The van der Waals surface area contributed by atoms with E-state index in [2.05, 4.69) is 27.7 Å². The van der Waals surface area contributed by atoms with Gasteiger partial charge in [-0.3, -0.25) is 4.79 Å². The van der Waals surface area contributed by atoms with Crippen LogP contribution in [-0.4, -0.2) is 41.6 Å². The zero-order chi connectivity index (χ0) is 15.6. The molecule has 0 aromatic heterocycles. The third kappa shape index (κ3) is 3.78. The van der Waals surface area contributed by atoms with Crippen LogP contribution in [0.4, 0.5) is 0 Å². The fraction of sp³-hybridized carbons (Fsp3) is 0.941. The van der Waals surface area contributed by atoms with E-state index >= 15 is 0 Å². The van der Waals surface area contributed by atoms with Crippen LogP contribution in [0.1, 0.15) is 59.8 Å². The summed E-state index contributed by atoms with van der Waals surface area (Å²) in [6.07, 6.45) is 5.81. The van der Waals surface area contributed by atoms with E-state index in [9.17, 15) is 4.79 Å². The van der Waals surface area contributed by atoms with Gasteiger partial charge in [-0.2, -0.15) is 0 Å². The topological polar surface area (TPSA) is 55.6 Å². The van der Waals surface area contributed by atoms with Crippen molar-refractivity contribution < 1.29 is 9.53 Å². The first-order valence-corrected chi connectivity index (χ1v) is 8.65. The van der Waals surface area contributed by atoms with Crippen LogP contribution in [0.2, 0.25) is 0 Å². The Hall–Kier alpha value is -0.610. The zero-order valence-electron chi connectivity index (χ0n) is 14.0. The largest absolute Gasteiger partial charge is 0.376 e. The molecule has 2 fully saturated rings. The molecule has 1 amide bonds. The van der Waals surface area contributed by atoms with Crippen LogP contribution in [0, 0.1) is 11.8 Å². The number of amides is 1. The number of hydrogen-bond donors (Lipinski definition) is 1. The van der Waals surface area contributed by atoms with Crippen molar-refractivity contribution in [2.24, 2.45) is 17.6 Å². The molecular weight excluding hydrogens is 264 g/mol. The van der Waals surface area contributed by atoms with Crippen molar-refractivity contribution in [2.75, 3.05) is 6.54 Å². The van der Waals surface area contributed by atoms with Gasteiger partial charge in [0.05, 0.1) is 18.2 Å². The Labute approximate surface area is 129 Å². The first-order chi connectivity index (χ1) is 9.93. The third-order valence-electron chi connectivity index (χ3n) is 5.37. The van der Waals surface area contributed by atoms with E-state index in [1.165, 1.54) is 12.8 Å². The molecule has 4 nitrogen and oxygen atoms in total. The average Bonchev–Trinajstić information content (AvgIpc) is 2.84. The quantitative estimate of drug-likeness (QED) is 0.867. The van der Waals surface area contributed by atoms with Crippen molar-refractivity contribution in [3.63, 3.8) is 0 Å². The third-order valence-corrected chi connectivity index (χ3v) is 5.37. The second-order valence-corrected chi connectivity index (χ2v) is 7.11. The van der Waals surface area contributed by atoms with Crippen molar-refractivity contribution in [2.45, 2.75) is 84.1 Å². The van der Waals surface area contributed by atoms with Crippen LogP contribution in [-0.2, 0) is 9.53 Å². The molecule has 0 radical (unpaired) electrons. The monoisotopic (exact) mass is 296 g/mol. The van der Waals surface area contributed by atoms with E-state index in [0.29, 0.717) is 12.0 Å². The van der Waals surface area contributed by atoms with Crippen molar-refractivity contribution in [1.82, 2.24) is 4.90 Å². The lowest BCUT2D eigenvalue weighted by Crippen LogP contribution is -2.53. The fourth-order valence-corrected chi connectivity index (χ4v) is 4.29. The highest BCUT2D eigenvalue weighted by Gasteiger charge is 2.38. The van der Waals surface area contributed by atoms with E-state index in [1.54, 1.807) is 0 Å². The number of rotatable bonds is 4. The summed E-state index contributed by atoms with van der Waals surface area (Å²) in [4.78, 5) is 14.9. The molecule has 2 rings (SSSR count). The van der Waals surface area contributed by atoms with Crippen LogP contribution < -0.4 is 5.73 Å². The van der Waals surface area contributed by atoms with Gasteiger partial charge < -0.3 is 15.4 Å². The van der Waals surface area contributed by atoms with Gasteiger partial charge in [-0.1, -0.05) is 13.3 Å². The molecular formula is C17H32N2O2. The minimum Gasteiger partial charge on any atom is -0.376 e. The summed E-state index contributed by atoms with van der Waals surface area (Å²) in [6, 6.07) is 0.0230. The molecule has 5 unspecified atom stereocenters. The molecule has 1 saturated carbocycles. The number of hydrogen-bond acceptors (Lipinski definition) is 3. The number of ether oxygens (including phenoxy) is 1. The first-order valence-electron chi connectivity index (χ1n) is 8.65. The molecule has 4 heteroatoms. The summed E-state index contributed by atoms with van der Waals surface area (Å²) in [6.45, 7) is 9.27. The maximum absolute atomic E-state index is 12.9. The highest BCUT2D eigenvalue weighted by molar-refractivity contribution is 5.82. The Morgan fingerprint density at radius 1 is 1.24 bits per heavy atom. The Morgan fingerprint density at radius 2 is 1.86 bits per heavy atom. The van der Waals surface area contributed by atoms with Gasteiger partial charge in [0.15, 0.2) is 0 Å². The van der Waals surface area contributed by atoms with Crippen LogP contribution in [0.5, 0.6) is 0 Å². The number of likely N-dealkylation sites (N-methyl/N-ethyl adjacent to an activating group) is 1. The Morgan fingerprint density at radius 3 is 2.33 bits per heavy atom. The standard InChI is InChI=1S/C17H32N2O2/c1-5-19(15-8-6-7-11(15)2)17(20)16(18)14-9-12(3)21-13(4)10-14/h11-16H,5-10,18H2,1-4H3. The molecule has 0 aromatic carbocycles. The second kappa shape index (κ2) is 7.10. The molecule has 0 spiro atoms. The SMILES string of the molecule is CCN(C(=O)C(N)C1CC(C)OC(C)C1)C1CCCC1C.